The number of aryl methyl sites for hydroxylation is 1. The maximum atomic E-state index is 14.0. The zero-order valence-corrected chi connectivity index (χ0v) is 20.4. The smallest absolute Gasteiger partial charge is 0.295 e. The molecule has 1 unspecified atom stereocenters. The molecular weight excluding hydrogens is 457 g/mol. The molecule has 0 spiro atoms. The number of rotatable bonds is 8. The van der Waals surface area contributed by atoms with Gasteiger partial charge in [0.15, 0.2) is 5.43 Å². The summed E-state index contributed by atoms with van der Waals surface area (Å²) in [5.41, 5.74) is 2.37. The van der Waals surface area contributed by atoms with E-state index in [1.54, 1.807) is 4.90 Å². The lowest BCUT2D eigenvalue weighted by molar-refractivity contribution is 0.0971. The minimum absolute atomic E-state index is 0.0122. The lowest BCUT2D eigenvalue weighted by Crippen LogP contribution is -2.29. The molecule has 5 nitrogen and oxygen atoms in total. The van der Waals surface area contributed by atoms with Gasteiger partial charge in [-0.3, -0.25) is 14.5 Å². The Hall–Kier alpha value is -3.93. The predicted octanol–water partition coefficient (Wildman–Crippen LogP) is 6.95. The van der Waals surface area contributed by atoms with Crippen molar-refractivity contribution in [3.63, 3.8) is 0 Å². The summed E-state index contributed by atoms with van der Waals surface area (Å²) >= 11 is 0. The van der Waals surface area contributed by atoms with Crippen molar-refractivity contribution in [2.75, 3.05) is 11.5 Å². The number of halogens is 1. The van der Waals surface area contributed by atoms with E-state index in [2.05, 4.69) is 6.92 Å². The van der Waals surface area contributed by atoms with E-state index in [9.17, 15) is 14.0 Å². The first-order valence-corrected chi connectivity index (χ1v) is 12.4. The molecule has 1 aliphatic heterocycles. The topological polar surface area (TPSA) is 59.8 Å². The van der Waals surface area contributed by atoms with Crippen LogP contribution >= 0.6 is 0 Å². The van der Waals surface area contributed by atoms with Gasteiger partial charge in [-0.1, -0.05) is 50.5 Å². The van der Waals surface area contributed by atoms with E-state index in [0.29, 0.717) is 12.3 Å². The van der Waals surface area contributed by atoms with E-state index in [4.69, 9.17) is 9.15 Å². The molecule has 0 bridgehead atoms. The Bertz CT molecular complexity index is 1480. The van der Waals surface area contributed by atoms with Crippen molar-refractivity contribution in [2.24, 2.45) is 0 Å². The van der Waals surface area contributed by atoms with Crippen molar-refractivity contribution in [3.8, 4) is 5.75 Å². The van der Waals surface area contributed by atoms with E-state index < -0.39 is 23.2 Å². The van der Waals surface area contributed by atoms with Crippen molar-refractivity contribution in [2.45, 2.75) is 45.6 Å². The van der Waals surface area contributed by atoms with E-state index in [1.807, 2.05) is 55.5 Å². The first-order valence-electron chi connectivity index (χ1n) is 12.4. The van der Waals surface area contributed by atoms with Crippen molar-refractivity contribution in [1.29, 1.82) is 0 Å². The van der Waals surface area contributed by atoms with Crippen LogP contribution in [0.25, 0.3) is 11.0 Å². The molecule has 1 aliphatic rings. The maximum Gasteiger partial charge on any atom is 0.295 e. The number of amides is 1. The summed E-state index contributed by atoms with van der Waals surface area (Å²) in [6.07, 6.45) is 4.48. The van der Waals surface area contributed by atoms with Gasteiger partial charge in [-0.2, -0.15) is 0 Å². The highest BCUT2D eigenvalue weighted by Gasteiger charge is 2.43. The summed E-state index contributed by atoms with van der Waals surface area (Å²) < 4.78 is 25.8. The van der Waals surface area contributed by atoms with Crippen LogP contribution in [0.5, 0.6) is 5.75 Å². The van der Waals surface area contributed by atoms with Crippen molar-refractivity contribution >= 4 is 22.6 Å². The summed E-state index contributed by atoms with van der Waals surface area (Å²) in [6, 6.07) is 18.0. The van der Waals surface area contributed by atoms with Gasteiger partial charge < -0.3 is 9.15 Å². The first kappa shape index (κ1) is 23.8. The van der Waals surface area contributed by atoms with Crippen LogP contribution < -0.4 is 15.1 Å². The van der Waals surface area contributed by atoms with Crippen LogP contribution in [-0.4, -0.2) is 12.5 Å². The largest absolute Gasteiger partial charge is 0.494 e. The first-order chi connectivity index (χ1) is 17.5. The molecule has 0 aliphatic carbocycles. The third-order valence-corrected chi connectivity index (χ3v) is 6.57. The molecule has 184 valence electrons. The SMILES string of the molecule is CCCCCCOc1ccc(C2c3c(oc4ccc(F)cc4c3=O)C(=O)N2c2cccc(C)c2)cc1. The second-order valence-electron chi connectivity index (χ2n) is 9.21. The van der Waals surface area contributed by atoms with Gasteiger partial charge in [-0.15, -0.1) is 0 Å². The highest BCUT2D eigenvalue weighted by Crippen LogP contribution is 2.41. The lowest BCUT2D eigenvalue weighted by Gasteiger charge is -2.25. The number of carbonyl (C=O) groups excluding carboxylic acids is 1. The molecular formula is C30H28FNO4. The van der Waals surface area contributed by atoms with Crippen LogP contribution in [0.4, 0.5) is 10.1 Å². The Kier molecular flexibility index (Phi) is 6.59. The van der Waals surface area contributed by atoms with Gasteiger partial charge in [0, 0.05) is 5.69 Å². The van der Waals surface area contributed by atoms with Crippen molar-refractivity contribution in [1.82, 2.24) is 0 Å². The molecule has 6 heteroatoms. The molecule has 1 aromatic heterocycles. The molecule has 36 heavy (non-hydrogen) atoms. The monoisotopic (exact) mass is 485 g/mol. The minimum atomic E-state index is -0.711. The number of nitrogens with zero attached hydrogens (tertiary/aromatic N) is 1. The van der Waals surface area contributed by atoms with Crippen LogP contribution in [-0.2, 0) is 0 Å². The molecule has 0 N–H and O–H groups in total. The Labute approximate surface area is 209 Å². The molecule has 1 amide bonds. The van der Waals surface area contributed by atoms with Gasteiger partial charge in [0.25, 0.3) is 5.91 Å². The summed E-state index contributed by atoms with van der Waals surface area (Å²) in [7, 11) is 0. The van der Waals surface area contributed by atoms with Crippen LogP contribution in [0, 0.1) is 12.7 Å². The summed E-state index contributed by atoms with van der Waals surface area (Å²) in [6.45, 7) is 4.76. The highest BCUT2D eigenvalue weighted by atomic mass is 19.1. The number of fused-ring (bicyclic) bond motifs is 2. The van der Waals surface area contributed by atoms with Gasteiger partial charge in [-0.05, 0) is 66.9 Å². The van der Waals surface area contributed by atoms with E-state index in [0.717, 1.165) is 35.8 Å². The zero-order valence-electron chi connectivity index (χ0n) is 20.4. The third kappa shape index (κ3) is 4.39. The maximum absolute atomic E-state index is 14.0. The third-order valence-electron chi connectivity index (χ3n) is 6.57. The van der Waals surface area contributed by atoms with E-state index in [1.165, 1.54) is 25.0 Å². The zero-order chi connectivity index (χ0) is 25.2. The average molecular weight is 486 g/mol. The van der Waals surface area contributed by atoms with Gasteiger partial charge in [0.1, 0.15) is 17.1 Å². The normalized spacial score (nSPS) is 14.9. The number of anilines is 1. The number of benzene rings is 3. The van der Waals surface area contributed by atoms with Gasteiger partial charge >= 0.3 is 0 Å². The van der Waals surface area contributed by atoms with Crippen LogP contribution in [0.2, 0.25) is 0 Å². The van der Waals surface area contributed by atoms with Crippen molar-refractivity contribution in [3.05, 3.63) is 105 Å². The standard InChI is InChI=1S/C30H28FNO4/c1-3-4-5-6-16-35-23-13-10-20(11-14-23)27-26-28(33)24-18-21(31)12-15-25(24)36-29(26)30(34)32(27)22-9-7-8-19(2)17-22/h7-15,17-18,27H,3-6,16H2,1-2H3. The second-order valence-corrected chi connectivity index (χ2v) is 9.21. The number of hydrogen-bond donors (Lipinski definition) is 0. The number of unbranched alkanes of at least 4 members (excludes halogenated alkanes) is 3. The molecule has 4 aromatic rings. The highest BCUT2D eigenvalue weighted by molar-refractivity contribution is 6.10. The molecule has 0 fully saturated rings. The molecule has 0 radical (unpaired) electrons. The fourth-order valence-corrected chi connectivity index (χ4v) is 4.77. The predicted molar refractivity (Wildman–Crippen MR) is 138 cm³/mol. The molecule has 3 aromatic carbocycles. The lowest BCUT2D eigenvalue weighted by atomic mass is 9.98. The van der Waals surface area contributed by atoms with Crippen LogP contribution in [0.3, 0.4) is 0 Å². The molecule has 2 heterocycles. The van der Waals surface area contributed by atoms with Crippen molar-refractivity contribution < 1.29 is 18.3 Å². The quantitative estimate of drug-likeness (QED) is 0.253. The number of ether oxygens (including phenoxy) is 1. The molecule has 1 atom stereocenters. The van der Waals surface area contributed by atoms with Gasteiger partial charge in [0.2, 0.25) is 5.76 Å². The Morgan fingerprint density at radius 2 is 1.78 bits per heavy atom. The molecule has 5 rings (SSSR count). The summed E-state index contributed by atoms with van der Waals surface area (Å²) in [5, 5.41) is 0.115. The minimum Gasteiger partial charge on any atom is -0.494 e. The summed E-state index contributed by atoms with van der Waals surface area (Å²) in [5.74, 6) is -0.219. The summed E-state index contributed by atoms with van der Waals surface area (Å²) in [4.78, 5) is 28.8. The average Bonchev–Trinajstić information content (AvgIpc) is 3.17. The van der Waals surface area contributed by atoms with Crippen LogP contribution in [0.15, 0.2) is 75.9 Å². The molecule has 0 saturated carbocycles. The van der Waals surface area contributed by atoms with Crippen LogP contribution in [0.1, 0.15) is 65.9 Å². The van der Waals surface area contributed by atoms with Gasteiger partial charge in [0.05, 0.1) is 23.6 Å². The fraction of sp³-hybridized carbons (Fsp3) is 0.267. The molecule has 0 saturated heterocycles. The van der Waals surface area contributed by atoms with Gasteiger partial charge in [-0.25, -0.2) is 4.39 Å². The number of carbonyl (C=O) groups is 1. The fourth-order valence-electron chi connectivity index (χ4n) is 4.77. The Balaban J connectivity index is 1.58. The Morgan fingerprint density at radius 3 is 2.53 bits per heavy atom. The van der Waals surface area contributed by atoms with E-state index >= 15 is 0 Å². The second kappa shape index (κ2) is 9.97. The number of hydrogen-bond acceptors (Lipinski definition) is 4. The van der Waals surface area contributed by atoms with E-state index in [-0.39, 0.29) is 22.3 Å². The Morgan fingerprint density at radius 1 is 0.972 bits per heavy atom.